The molecule has 0 unspecified atom stereocenters. The summed E-state index contributed by atoms with van der Waals surface area (Å²) in [5.41, 5.74) is 1.88. The van der Waals surface area contributed by atoms with Gasteiger partial charge in [0.2, 0.25) is 5.89 Å². The fourth-order valence-electron chi connectivity index (χ4n) is 3.98. The SMILES string of the molecule is Cc1nc([C@H](CC2CC2)NC(=O)c2ncc(N3CC(F)(F)C3)cc2-c2cccc(Cl)c2)no1. The molecular formula is C23H22ClF2N5O2. The number of aryl methyl sites for hydroxylation is 1. The Hall–Kier alpha value is -3.07. The molecular weight excluding hydrogens is 452 g/mol. The molecule has 10 heteroatoms. The number of pyridine rings is 1. The fraction of sp³-hybridized carbons (Fsp3) is 0.391. The van der Waals surface area contributed by atoms with Gasteiger partial charge in [0.15, 0.2) is 5.82 Å². The van der Waals surface area contributed by atoms with Crippen LogP contribution in [0.3, 0.4) is 0 Å². The van der Waals surface area contributed by atoms with Gasteiger partial charge in [-0.05, 0) is 36.1 Å². The summed E-state index contributed by atoms with van der Waals surface area (Å²) < 4.78 is 31.9. The van der Waals surface area contributed by atoms with Gasteiger partial charge in [-0.15, -0.1) is 0 Å². The number of benzene rings is 1. The number of amides is 1. The van der Waals surface area contributed by atoms with E-state index in [1.165, 1.54) is 11.1 Å². The standard InChI is InChI=1S/C23H22ClF2N5O2/c1-13-28-21(30-33-13)19(7-14-5-6-14)29-22(32)20-18(15-3-2-4-16(24)8-15)9-17(10-27-20)31-11-23(25,26)12-31/h2-4,8-10,14,19H,5-7,11-12H2,1H3,(H,29,32)/t19-/m0/s1. The molecule has 1 aliphatic carbocycles. The van der Waals surface area contributed by atoms with Crippen molar-refractivity contribution in [3.63, 3.8) is 0 Å². The maximum Gasteiger partial charge on any atom is 0.282 e. The van der Waals surface area contributed by atoms with Crippen LogP contribution < -0.4 is 10.2 Å². The normalized spacial score (nSPS) is 18.0. The van der Waals surface area contributed by atoms with Gasteiger partial charge in [0.05, 0.1) is 31.0 Å². The molecule has 3 aromatic rings. The summed E-state index contributed by atoms with van der Waals surface area (Å²) in [7, 11) is 0. The number of rotatable bonds is 7. The van der Waals surface area contributed by atoms with Crippen molar-refractivity contribution in [2.45, 2.75) is 38.2 Å². The van der Waals surface area contributed by atoms with E-state index in [4.69, 9.17) is 16.1 Å². The molecule has 0 spiro atoms. The summed E-state index contributed by atoms with van der Waals surface area (Å²) in [5.74, 6) is -1.76. The number of aromatic nitrogens is 3. The lowest BCUT2D eigenvalue weighted by atomic mass is 10.0. The maximum absolute atomic E-state index is 13.4. The number of nitrogens with one attached hydrogen (secondary N) is 1. The molecule has 1 saturated carbocycles. The smallest absolute Gasteiger partial charge is 0.282 e. The topological polar surface area (TPSA) is 84.2 Å². The van der Waals surface area contributed by atoms with Gasteiger partial charge in [-0.25, -0.2) is 13.8 Å². The predicted octanol–water partition coefficient (Wildman–Crippen LogP) is 4.82. The molecule has 0 bridgehead atoms. The molecule has 0 radical (unpaired) electrons. The summed E-state index contributed by atoms with van der Waals surface area (Å²) in [6.45, 7) is 0.940. The van der Waals surface area contributed by atoms with Gasteiger partial charge >= 0.3 is 0 Å². The Bertz CT molecular complexity index is 1190. The number of hydrogen-bond donors (Lipinski definition) is 1. The fourth-order valence-corrected chi connectivity index (χ4v) is 4.17. The van der Waals surface area contributed by atoms with Gasteiger partial charge in [0.25, 0.3) is 11.8 Å². The summed E-state index contributed by atoms with van der Waals surface area (Å²) in [5, 5.41) is 7.48. The first kappa shape index (κ1) is 21.8. The van der Waals surface area contributed by atoms with Crippen LogP contribution in [-0.2, 0) is 0 Å². The quantitative estimate of drug-likeness (QED) is 0.529. The third-order valence-corrected chi connectivity index (χ3v) is 6.09. The van der Waals surface area contributed by atoms with E-state index in [0.29, 0.717) is 45.9 Å². The van der Waals surface area contributed by atoms with Gasteiger partial charge in [-0.1, -0.05) is 41.7 Å². The third kappa shape index (κ3) is 4.83. The van der Waals surface area contributed by atoms with Crippen molar-refractivity contribution in [1.29, 1.82) is 0 Å². The highest BCUT2D eigenvalue weighted by Crippen LogP contribution is 2.38. The molecule has 1 N–H and O–H groups in total. The number of alkyl halides is 2. The second-order valence-corrected chi connectivity index (χ2v) is 9.13. The van der Waals surface area contributed by atoms with Crippen LogP contribution in [0.25, 0.3) is 11.1 Å². The minimum atomic E-state index is -2.72. The average Bonchev–Trinajstić information content (AvgIpc) is 3.48. The second kappa shape index (κ2) is 8.37. The number of carbonyl (C=O) groups excluding carboxylic acids is 1. The Balaban J connectivity index is 1.47. The van der Waals surface area contributed by atoms with E-state index < -0.39 is 17.9 Å². The van der Waals surface area contributed by atoms with E-state index >= 15 is 0 Å². The summed E-state index contributed by atoms with van der Waals surface area (Å²) in [6, 6.07) is 8.30. The van der Waals surface area contributed by atoms with Crippen LogP contribution >= 0.6 is 11.6 Å². The van der Waals surface area contributed by atoms with Gasteiger partial charge in [-0.2, -0.15) is 4.98 Å². The maximum atomic E-state index is 13.4. The number of anilines is 1. The van der Waals surface area contributed by atoms with Crippen molar-refractivity contribution < 1.29 is 18.1 Å². The number of carbonyl (C=O) groups is 1. The summed E-state index contributed by atoms with van der Waals surface area (Å²) in [4.78, 5) is 23.6. The molecule has 2 aliphatic rings. The highest BCUT2D eigenvalue weighted by molar-refractivity contribution is 6.30. The Morgan fingerprint density at radius 1 is 1.33 bits per heavy atom. The van der Waals surface area contributed by atoms with Crippen LogP contribution in [0, 0.1) is 12.8 Å². The molecule has 5 rings (SSSR count). The molecule has 1 aliphatic heterocycles. The molecule has 1 atom stereocenters. The molecule has 33 heavy (non-hydrogen) atoms. The van der Waals surface area contributed by atoms with Crippen LogP contribution in [0.15, 0.2) is 41.1 Å². The molecule has 7 nitrogen and oxygen atoms in total. The molecule has 172 valence electrons. The monoisotopic (exact) mass is 473 g/mol. The first-order valence-corrected chi connectivity index (χ1v) is 11.1. The lowest BCUT2D eigenvalue weighted by molar-refractivity contribution is -0.0262. The zero-order valence-corrected chi connectivity index (χ0v) is 18.6. The van der Waals surface area contributed by atoms with Crippen LogP contribution in [0.5, 0.6) is 0 Å². The van der Waals surface area contributed by atoms with E-state index in [1.54, 1.807) is 37.3 Å². The van der Waals surface area contributed by atoms with E-state index in [-0.39, 0.29) is 18.8 Å². The molecule has 2 fully saturated rings. The van der Waals surface area contributed by atoms with E-state index in [2.05, 4.69) is 20.4 Å². The molecule has 2 aromatic heterocycles. The molecule has 1 amide bonds. The van der Waals surface area contributed by atoms with Crippen LogP contribution in [0.1, 0.15) is 47.5 Å². The van der Waals surface area contributed by atoms with Crippen molar-refractivity contribution in [1.82, 2.24) is 20.4 Å². The lowest BCUT2D eigenvalue weighted by Gasteiger charge is -2.40. The number of hydrogen-bond acceptors (Lipinski definition) is 6. The van der Waals surface area contributed by atoms with Crippen molar-refractivity contribution in [3.05, 3.63) is 59.0 Å². The highest BCUT2D eigenvalue weighted by atomic mass is 35.5. The third-order valence-electron chi connectivity index (χ3n) is 5.86. The Morgan fingerprint density at radius 3 is 2.76 bits per heavy atom. The largest absolute Gasteiger partial charge is 0.358 e. The van der Waals surface area contributed by atoms with Gasteiger partial charge in [0, 0.05) is 17.5 Å². The van der Waals surface area contributed by atoms with Crippen molar-refractivity contribution in [2.24, 2.45) is 5.92 Å². The first-order chi connectivity index (χ1) is 15.8. The molecule has 3 heterocycles. The first-order valence-electron chi connectivity index (χ1n) is 10.8. The van der Waals surface area contributed by atoms with Gasteiger partial charge in [0.1, 0.15) is 5.69 Å². The van der Waals surface area contributed by atoms with E-state index in [9.17, 15) is 13.6 Å². The zero-order valence-electron chi connectivity index (χ0n) is 17.9. The highest BCUT2D eigenvalue weighted by Gasteiger charge is 2.44. The Labute approximate surface area is 194 Å². The summed E-state index contributed by atoms with van der Waals surface area (Å²) in [6.07, 6.45) is 4.36. The number of halogens is 3. The van der Waals surface area contributed by atoms with E-state index in [1.807, 2.05) is 0 Å². The van der Waals surface area contributed by atoms with Gasteiger partial charge in [-0.3, -0.25) is 4.79 Å². The minimum Gasteiger partial charge on any atom is -0.358 e. The van der Waals surface area contributed by atoms with Crippen molar-refractivity contribution >= 4 is 23.2 Å². The molecule has 1 saturated heterocycles. The van der Waals surface area contributed by atoms with Gasteiger partial charge < -0.3 is 14.7 Å². The summed E-state index contributed by atoms with van der Waals surface area (Å²) >= 11 is 6.18. The lowest BCUT2D eigenvalue weighted by Crippen LogP contribution is -2.56. The van der Waals surface area contributed by atoms with E-state index in [0.717, 1.165) is 12.8 Å². The zero-order chi connectivity index (χ0) is 23.2. The van der Waals surface area contributed by atoms with Crippen LogP contribution in [0.2, 0.25) is 5.02 Å². The Kier molecular flexibility index (Phi) is 5.52. The van der Waals surface area contributed by atoms with Crippen LogP contribution in [-0.4, -0.2) is 40.0 Å². The minimum absolute atomic E-state index is 0.175. The van der Waals surface area contributed by atoms with Crippen molar-refractivity contribution in [3.8, 4) is 11.1 Å². The van der Waals surface area contributed by atoms with Crippen molar-refractivity contribution in [2.75, 3.05) is 18.0 Å². The predicted molar refractivity (Wildman–Crippen MR) is 118 cm³/mol. The molecule has 1 aromatic carbocycles. The Morgan fingerprint density at radius 2 is 2.12 bits per heavy atom. The number of nitrogens with zero attached hydrogens (tertiary/aromatic N) is 4. The van der Waals surface area contributed by atoms with Crippen LogP contribution in [0.4, 0.5) is 14.5 Å². The average molecular weight is 474 g/mol. The second-order valence-electron chi connectivity index (χ2n) is 8.69.